The lowest BCUT2D eigenvalue weighted by atomic mass is 10.2. The first kappa shape index (κ1) is 18.2. The van der Waals surface area contributed by atoms with E-state index in [9.17, 15) is 0 Å². The highest BCUT2D eigenvalue weighted by atomic mass is 35.5. The maximum Gasteiger partial charge on any atom is 0.165 e. The molecule has 4 rings (SSSR count). The first-order valence-electron chi connectivity index (χ1n) is 8.94. The number of fused-ring (bicyclic) bond motifs is 1. The third-order valence-electron chi connectivity index (χ3n) is 4.39. The van der Waals surface area contributed by atoms with Gasteiger partial charge in [-0.2, -0.15) is 0 Å². The molecule has 0 atom stereocenters. The van der Waals surface area contributed by atoms with Gasteiger partial charge in [-0.25, -0.2) is 0 Å². The van der Waals surface area contributed by atoms with Crippen LogP contribution in [0.2, 0.25) is 5.02 Å². The van der Waals surface area contributed by atoms with E-state index in [4.69, 9.17) is 25.5 Å². The summed E-state index contributed by atoms with van der Waals surface area (Å²) in [6.07, 6.45) is 3.84. The molecule has 0 spiro atoms. The highest BCUT2D eigenvalue weighted by Gasteiger charge is 2.11. The molecule has 0 bridgehead atoms. The van der Waals surface area contributed by atoms with Crippen LogP contribution in [-0.2, 0) is 6.61 Å². The molecule has 0 fully saturated rings. The molecule has 28 heavy (non-hydrogen) atoms. The maximum atomic E-state index is 6.20. The summed E-state index contributed by atoms with van der Waals surface area (Å²) in [5.74, 6) is 2.05. The molecule has 0 radical (unpaired) electrons. The van der Waals surface area contributed by atoms with Gasteiger partial charge in [0.25, 0.3) is 0 Å². The van der Waals surface area contributed by atoms with Gasteiger partial charge in [0.05, 0.1) is 7.11 Å². The normalized spacial score (nSPS) is 11.2. The van der Waals surface area contributed by atoms with E-state index in [1.54, 1.807) is 7.11 Å². The quantitative estimate of drug-likeness (QED) is 0.361. The Labute approximate surface area is 168 Å². The number of ether oxygens (including phenoxy) is 2. The van der Waals surface area contributed by atoms with E-state index in [-0.39, 0.29) is 0 Å². The first-order valence-corrected chi connectivity index (χ1v) is 9.31. The molecule has 0 aliphatic carbocycles. The molecule has 1 aromatic heterocycles. The van der Waals surface area contributed by atoms with Crippen molar-refractivity contribution in [2.45, 2.75) is 6.61 Å². The Bertz CT molecular complexity index is 1110. The van der Waals surface area contributed by atoms with Crippen molar-refractivity contribution in [3.8, 4) is 11.5 Å². The van der Waals surface area contributed by atoms with Gasteiger partial charge in [-0.3, -0.25) is 0 Å². The van der Waals surface area contributed by atoms with Gasteiger partial charge < -0.3 is 13.9 Å². The molecule has 1 heterocycles. The largest absolute Gasteiger partial charge is 0.493 e. The van der Waals surface area contributed by atoms with E-state index in [1.165, 1.54) is 0 Å². The van der Waals surface area contributed by atoms with Crippen LogP contribution < -0.4 is 9.47 Å². The summed E-state index contributed by atoms with van der Waals surface area (Å²) < 4.78 is 17.4. The highest BCUT2D eigenvalue weighted by Crippen LogP contribution is 2.35. The smallest absolute Gasteiger partial charge is 0.165 e. The second-order valence-electron chi connectivity index (χ2n) is 6.32. The van der Waals surface area contributed by atoms with Crippen molar-refractivity contribution in [3.05, 3.63) is 94.7 Å². The topological polar surface area (TPSA) is 31.6 Å². The summed E-state index contributed by atoms with van der Waals surface area (Å²) >= 11 is 6.20. The summed E-state index contributed by atoms with van der Waals surface area (Å²) in [4.78, 5) is 0. The predicted octanol–water partition coefficient (Wildman–Crippen LogP) is 6.84. The van der Waals surface area contributed by atoms with Crippen LogP contribution in [0.1, 0.15) is 16.9 Å². The average Bonchev–Trinajstić information content (AvgIpc) is 3.13. The molecule has 0 aliphatic rings. The highest BCUT2D eigenvalue weighted by molar-refractivity contribution is 6.32. The summed E-state index contributed by atoms with van der Waals surface area (Å²) in [6.45, 7) is 0.461. The van der Waals surface area contributed by atoms with Crippen LogP contribution in [0.4, 0.5) is 0 Å². The summed E-state index contributed by atoms with van der Waals surface area (Å²) in [7, 11) is 1.63. The molecule has 4 aromatic rings. The Morgan fingerprint density at radius 2 is 1.68 bits per heavy atom. The maximum absolute atomic E-state index is 6.20. The number of benzene rings is 3. The zero-order chi connectivity index (χ0) is 19.3. The Kier molecular flexibility index (Phi) is 5.36. The second kappa shape index (κ2) is 8.24. The zero-order valence-electron chi connectivity index (χ0n) is 15.4. The van der Waals surface area contributed by atoms with Crippen molar-refractivity contribution in [1.82, 2.24) is 0 Å². The van der Waals surface area contributed by atoms with Crippen LogP contribution >= 0.6 is 11.6 Å². The van der Waals surface area contributed by atoms with Crippen molar-refractivity contribution < 1.29 is 13.9 Å². The third kappa shape index (κ3) is 4.05. The van der Waals surface area contributed by atoms with Gasteiger partial charge in [0, 0.05) is 16.5 Å². The van der Waals surface area contributed by atoms with E-state index < -0.39 is 0 Å². The van der Waals surface area contributed by atoms with Gasteiger partial charge in [0.1, 0.15) is 18.0 Å². The standard InChI is InChI=1S/C24H19ClO3/c1-26-23-14-19-13-20(12-11-18-9-5-6-10-21(18)25)28-22(19)15-24(23)27-16-17-7-3-2-4-8-17/h2-15H,16H2,1H3. The van der Waals surface area contributed by atoms with Crippen LogP contribution in [0.5, 0.6) is 11.5 Å². The summed E-state index contributed by atoms with van der Waals surface area (Å²) in [6, 6.07) is 23.4. The third-order valence-corrected chi connectivity index (χ3v) is 4.74. The SMILES string of the molecule is COc1cc2cc(C=Cc3ccccc3Cl)oc2cc1OCc1ccccc1. The number of furan rings is 1. The number of methoxy groups -OCH3 is 1. The van der Waals surface area contributed by atoms with Gasteiger partial charge in [-0.15, -0.1) is 0 Å². The minimum atomic E-state index is 0.461. The van der Waals surface area contributed by atoms with E-state index >= 15 is 0 Å². The van der Waals surface area contributed by atoms with Crippen LogP contribution in [0.25, 0.3) is 23.1 Å². The van der Waals surface area contributed by atoms with Crippen molar-refractivity contribution in [1.29, 1.82) is 0 Å². The Morgan fingerprint density at radius 3 is 2.46 bits per heavy atom. The van der Waals surface area contributed by atoms with Crippen molar-refractivity contribution >= 4 is 34.7 Å². The molecule has 0 N–H and O–H groups in total. The lowest BCUT2D eigenvalue weighted by Gasteiger charge is -2.10. The molecule has 3 aromatic carbocycles. The average molecular weight is 391 g/mol. The van der Waals surface area contributed by atoms with Gasteiger partial charge >= 0.3 is 0 Å². The Balaban J connectivity index is 1.59. The lowest BCUT2D eigenvalue weighted by molar-refractivity contribution is 0.284. The van der Waals surface area contributed by atoms with Crippen LogP contribution in [0.3, 0.4) is 0 Å². The monoisotopic (exact) mass is 390 g/mol. The molecular formula is C24H19ClO3. The van der Waals surface area contributed by atoms with Gasteiger partial charge in [0.2, 0.25) is 0 Å². The molecule has 140 valence electrons. The van der Waals surface area contributed by atoms with E-state index in [2.05, 4.69) is 0 Å². The van der Waals surface area contributed by atoms with Crippen molar-refractivity contribution in [2.75, 3.05) is 7.11 Å². The number of rotatable bonds is 6. The van der Waals surface area contributed by atoms with E-state index in [0.29, 0.717) is 23.1 Å². The summed E-state index contributed by atoms with van der Waals surface area (Å²) in [5.41, 5.74) is 2.77. The Hall–Kier alpha value is -3.17. The van der Waals surface area contributed by atoms with Crippen LogP contribution in [0, 0.1) is 0 Å². The number of hydrogen-bond donors (Lipinski definition) is 0. The fourth-order valence-electron chi connectivity index (χ4n) is 2.94. The zero-order valence-corrected chi connectivity index (χ0v) is 16.1. The minimum absolute atomic E-state index is 0.461. The molecule has 0 saturated heterocycles. The van der Waals surface area contributed by atoms with Crippen LogP contribution in [-0.4, -0.2) is 7.11 Å². The van der Waals surface area contributed by atoms with E-state index in [1.807, 2.05) is 84.9 Å². The van der Waals surface area contributed by atoms with Crippen LogP contribution in [0.15, 0.2) is 77.2 Å². The number of halogens is 1. The molecule has 0 aliphatic heterocycles. The van der Waals surface area contributed by atoms with Gasteiger partial charge in [0.15, 0.2) is 11.5 Å². The van der Waals surface area contributed by atoms with E-state index in [0.717, 1.165) is 27.9 Å². The molecule has 3 nitrogen and oxygen atoms in total. The number of hydrogen-bond acceptors (Lipinski definition) is 3. The molecule has 0 amide bonds. The molecule has 0 unspecified atom stereocenters. The fraction of sp³-hybridized carbons (Fsp3) is 0.0833. The van der Waals surface area contributed by atoms with Crippen molar-refractivity contribution in [3.63, 3.8) is 0 Å². The lowest BCUT2D eigenvalue weighted by Crippen LogP contribution is -1.97. The fourth-order valence-corrected chi connectivity index (χ4v) is 3.14. The van der Waals surface area contributed by atoms with Gasteiger partial charge in [-0.05, 0) is 41.5 Å². The minimum Gasteiger partial charge on any atom is -0.493 e. The first-order chi connectivity index (χ1) is 13.7. The summed E-state index contributed by atoms with van der Waals surface area (Å²) in [5, 5.41) is 1.65. The Morgan fingerprint density at radius 1 is 0.893 bits per heavy atom. The molecule has 0 saturated carbocycles. The predicted molar refractivity (Wildman–Crippen MR) is 114 cm³/mol. The second-order valence-corrected chi connectivity index (χ2v) is 6.73. The molecular weight excluding hydrogens is 372 g/mol. The van der Waals surface area contributed by atoms with Crippen molar-refractivity contribution in [2.24, 2.45) is 0 Å². The van der Waals surface area contributed by atoms with Gasteiger partial charge in [-0.1, -0.05) is 60.1 Å². The molecule has 4 heteroatoms.